The van der Waals surface area contributed by atoms with Crippen molar-refractivity contribution in [3.8, 4) is 0 Å². The minimum atomic E-state index is -0.0881. The van der Waals surface area contributed by atoms with Gasteiger partial charge in [-0.1, -0.05) is 38.0 Å². The maximum Gasteiger partial charge on any atom is 0.228 e. The third-order valence-corrected chi connectivity index (χ3v) is 6.59. The maximum atomic E-state index is 12.1. The van der Waals surface area contributed by atoms with Crippen LogP contribution in [0.25, 0.3) is 27.5 Å². The van der Waals surface area contributed by atoms with E-state index >= 15 is 0 Å². The number of aromatic amines is 1. The van der Waals surface area contributed by atoms with Gasteiger partial charge in [-0.2, -0.15) is 0 Å². The number of nitrogens with zero attached hydrogens (tertiary/aromatic N) is 3. The van der Waals surface area contributed by atoms with Crippen LogP contribution < -0.4 is 5.32 Å². The molecule has 1 fully saturated rings. The lowest BCUT2D eigenvalue weighted by molar-refractivity contribution is -0.118. The fourth-order valence-electron chi connectivity index (χ4n) is 4.65. The molecule has 4 heterocycles. The number of nitrogens with one attached hydrogen (secondary N) is 2. The molecule has 3 aromatic heterocycles. The zero-order valence-corrected chi connectivity index (χ0v) is 18.9. The summed E-state index contributed by atoms with van der Waals surface area (Å²) in [4.78, 5) is 27.1. The number of amides is 1. The number of carbonyl (C=O) groups excluding carboxylic acids is 1. The van der Waals surface area contributed by atoms with Crippen molar-refractivity contribution in [3.63, 3.8) is 0 Å². The minimum Gasteiger partial charge on any atom is -0.338 e. The molecule has 2 aliphatic rings. The second kappa shape index (κ2) is 8.87. The van der Waals surface area contributed by atoms with Gasteiger partial charge in [0, 0.05) is 29.4 Å². The Kier molecular flexibility index (Phi) is 5.79. The van der Waals surface area contributed by atoms with E-state index in [1.165, 1.54) is 43.5 Å². The lowest BCUT2D eigenvalue weighted by Gasteiger charge is -2.28. The SMILES string of the molecule is CC(C)C(=O)Nc1cc2c(cn1)[nH]c1ncc(C3=CC=C(CN4CCCCC4)CC3)cc12. The van der Waals surface area contributed by atoms with Gasteiger partial charge in [0.1, 0.15) is 11.5 Å². The minimum absolute atomic E-state index is 0.0324. The molecular formula is C26H31N5O. The smallest absolute Gasteiger partial charge is 0.228 e. The molecule has 1 aliphatic carbocycles. The number of rotatable bonds is 5. The van der Waals surface area contributed by atoms with E-state index in [4.69, 9.17) is 0 Å². The Bertz CT molecular complexity index is 1210. The summed E-state index contributed by atoms with van der Waals surface area (Å²) < 4.78 is 0. The standard InChI is InChI=1S/C26H31N5O/c1-17(2)26(32)30-24-13-21-22-12-20(14-28-25(22)29-23(21)15-27-24)19-8-6-18(7-9-19)16-31-10-4-3-5-11-31/h6,8,12-15,17H,3-5,7,9-11,16H2,1-2H3,(H,28,29)(H,27,30,32). The summed E-state index contributed by atoms with van der Waals surface area (Å²) in [5.74, 6) is 0.453. The quantitative estimate of drug-likeness (QED) is 0.578. The van der Waals surface area contributed by atoms with Gasteiger partial charge in [0.05, 0.1) is 11.7 Å². The topological polar surface area (TPSA) is 73.9 Å². The zero-order valence-electron chi connectivity index (χ0n) is 18.9. The molecule has 1 aliphatic heterocycles. The van der Waals surface area contributed by atoms with Crippen LogP contribution in [0.3, 0.4) is 0 Å². The summed E-state index contributed by atoms with van der Waals surface area (Å²) in [5.41, 5.74) is 5.80. The highest BCUT2D eigenvalue weighted by Gasteiger charge is 2.16. The van der Waals surface area contributed by atoms with E-state index < -0.39 is 0 Å². The summed E-state index contributed by atoms with van der Waals surface area (Å²) in [5, 5.41) is 4.98. The number of aromatic nitrogens is 3. The van der Waals surface area contributed by atoms with Gasteiger partial charge < -0.3 is 10.3 Å². The van der Waals surface area contributed by atoms with Gasteiger partial charge in [0.15, 0.2) is 0 Å². The van der Waals surface area contributed by atoms with E-state index in [0.717, 1.165) is 46.9 Å². The highest BCUT2D eigenvalue weighted by molar-refractivity contribution is 6.07. The van der Waals surface area contributed by atoms with Crippen molar-refractivity contribution in [2.75, 3.05) is 25.0 Å². The van der Waals surface area contributed by atoms with Crippen LogP contribution in [0.1, 0.15) is 51.5 Å². The first-order chi connectivity index (χ1) is 15.6. The van der Waals surface area contributed by atoms with Gasteiger partial charge in [0.2, 0.25) is 5.91 Å². The largest absolute Gasteiger partial charge is 0.338 e. The first-order valence-corrected chi connectivity index (χ1v) is 11.8. The van der Waals surface area contributed by atoms with E-state index in [1.807, 2.05) is 26.1 Å². The number of anilines is 1. The first-order valence-electron chi connectivity index (χ1n) is 11.8. The number of hydrogen-bond donors (Lipinski definition) is 2. The molecule has 0 atom stereocenters. The van der Waals surface area contributed by atoms with Crippen molar-refractivity contribution >= 4 is 39.2 Å². The molecule has 6 heteroatoms. The Morgan fingerprint density at radius 1 is 1.06 bits per heavy atom. The van der Waals surface area contributed by atoms with Crippen LogP contribution in [-0.2, 0) is 4.79 Å². The number of likely N-dealkylation sites (tertiary alicyclic amines) is 1. The van der Waals surface area contributed by atoms with Crippen molar-refractivity contribution in [1.82, 2.24) is 19.9 Å². The van der Waals surface area contributed by atoms with E-state index in [9.17, 15) is 4.79 Å². The highest BCUT2D eigenvalue weighted by atomic mass is 16.1. The molecule has 0 spiro atoms. The third kappa shape index (κ3) is 4.32. The number of carbonyl (C=O) groups is 1. The van der Waals surface area contributed by atoms with E-state index in [-0.39, 0.29) is 11.8 Å². The Hall–Kier alpha value is -2.99. The molecule has 0 aromatic carbocycles. The van der Waals surface area contributed by atoms with Crippen LogP contribution in [0.2, 0.25) is 0 Å². The van der Waals surface area contributed by atoms with Gasteiger partial charge in [-0.25, -0.2) is 9.97 Å². The second-order valence-electron chi connectivity index (χ2n) is 9.36. The Morgan fingerprint density at radius 3 is 2.66 bits per heavy atom. The predicted octanol–water partition coefficient (Wildman–Crippen LogP) is 5.30. The van der Waals surface area contributed by atoms with E-state index in [0.29, 0.717) is 5.82 Å². The average Bonchev–Trinajstić information content (AvgIpc) is 3.17. The summed E-state index contributed by atoms with van der Waals surface area (Å²) >= 11 is 0. The molecule has 0 unspecified atom stereocenters. The molecule has 166 valence electrons. The maximum absolute atomic E-state index is 12.1. The average molecular weight is 430 g/mol. The molecule has 1 amide bonds. The number of allylic oxidation sites excluding steroid dienone is 3. The lowest BCUT2D eigenvalue weighted by atomic mass is 9.93. The summed E-state index contributed by atoms with van der Waals surface area (Å²) in [6.07, 6.45) is 14.5. The molecule has 0 bridgehead atoms. The molecule has 5 rings (SSSR count). The molecule has 0 saturated carbocycles. The van der Waals surface area contributed by atoms with Gasteiger partial charge in [0.25, 0.3) is 0 Å². The molecule has 2 N–H and O–H groups in total. The number of hydrogen-bond acceptors (Lipinski definition) is 4. The summed E-state index contributed by atoms with van der Waals surface area (Å²) in [7, 11) is 0. The fourth-order valence-corrected chi connectivity index (χ4v) is 4.65. The fraction of sp³-hybridized carbons (Fsp3) is 0.423. The van der Waals surface area contributed by atoms with Crippen LogP contribution >= 0.6 is 0 Å². The van der Waals surface area contributed by atoms with Crippen LogP contribution in [0, 0.1) is 5.92 Å². The van der Waals surface area contributed by atoms with Crippen molar-refractivity contribution in [2.24, 2.45) is 5.92 Å². The summed E-state index contributed by atoms with van der Waals surface area (Å²) in [6.45, 7) is 7.34. The lowest BCUT2D eigenvalue weighted by Crippen LogP contribution is -2.31. The monoisotopic (exact) mass is 429 g/mol. The second-order valence-corrected chi connectivity index (χ2v) is 9.36. The van der Waals surface area contributed by atoms with Gasteiger partial charge in [-0.3, -0.25) is 9.69 Å². The molecule has 6 nitrogen and oxygen atoms in total. The normalized spacial score (nSPS) is 17.6. The van der Waals surface area contributed by atoms with Crippen molar-refractivity contribution in [2.45, 2.75) is 46.0 Å². The van der Waals surface area contributed by atoms with Crippen LogP contribution in [0.15, 0.2) is 42.3 Å². The molecular weight excluding hydrogens is 398 g/mol. The van der Waals surface area contributed by atoms with Gasteiger partial charge in [-0.15, -0.1) is 0 Å². The van der Waals surface area contributed by atoms with Gasteiger partial charge >= 0.3 is 0 Å². The molecule has 32 heavy (non-hydrogen) atoms. The van der Waals surface area contributed by atoms with Crippen LogP contribution in [0.5, 0.6) is 0 Å². The molecule has 0 radical (unpaired) electrons. The van der Waals surface area contributed by atoms with E-state index in [2.05, 4.69) is 43.4 Å². The first kappa shape index (κ1) is 20.9. The number of piperidine rings is 1. The molecule has 3 aromatic rings. The number of H-pyrrole nitrogens is 1. The number of fused-ring (bicyclic) bond motifs is 3. The van der Waals surface area contributed by atoms with Gasteiger partial charge in [-0.05, 0) is 62.0 Å². The molecule has 1 saturated heterocycles. The van der Waals surface area contributed by atoms with Crippen LogP contribution in [-0.4, -0.2) is 45.4 Å². The summed E-state index contributed by atoms with van der Waals surface area (Å²) in [6, 6.07) is 4.15. The highest BCUT2D eigenvalue weighted by Crippen LogP contribution is 2.32. The Labute approximate surface area is 188 Å². The number of pyridine rings is 2. The Morgan fingerprint density at radius 2 is 1.91 bits per heavy atom. The predicted molar refractivity (Wildman–Crippen MR) is 130 cm³/mol. The van der Waals surface area contributed by atoms with Crippen molar-refractivity contribution in [1.29, 1.82) is 0 Å². The third-order valence-electron chi connectivity index (χ3n) is 6.59. The van der Waals surface area contributed by atoms with E-state index in [1.54, 1.807) is 6.20 Å². The van der Waals surface area contributed by atoms with Crippen LogP contribution in [0.4, 0.5) is 5.82 Å². The zero-order chi connectivity index (χ0) is 22.1. The Balaban J connectivity index is 1.41. The van der Waals surface area contributed by atoms with Crippen molar-refractivity contribution in [3.05, 3.63) is 47.8 Å². The van der Waals surface area contributed by atoms with Crippen molar-refractivity contribution < 1.29 is 4.79 Å².